The van der Waals surface area contributed by atoms with Crippen LogP contribution in [-0.4, -0.2) is 47.4 Å². The smallest absolute Gasteiger partial charge is 0.228 e. The summed E-state index contributed by atoms with van der Waals surface area (Å²) in [6.45, 7) is 3.83. The number of benzene rings is 1. The molecular formula is C22H25N3O3. The topological polar surface area (TPSA) is 62.7 Å². The van der Waals surface area contributed by atoms with Crippen LogP contribution in [0.2, 0.25) is 0 Å². The molecule has 146 valence electrons. The van der Waals surface area contributed by atoms with E-state index in [4.69, 9.17) is 4.74 Å². The highest BCUT2D eigenvalue weighted by atomic mass is 16.5. The maximum Gasteiger partial charge on any atom is 0.228 e. The first kappa shape index (κ1) is 18.5. The molecule has 6 nitrogen and oxygen atoms in total. The molecule has 28 heavy (non-hydrogen) atoms. The first-order valence-corrected chi connectivity index (χ1v) is 9.82. The van der Waals surface area contributed by atoms with Gasteiger partial charge in [-0.2, -0.15) is 0 Å². The van der Waals surface area contributed by atoms with E-state index in [2.05, 4.69) is 4.98 Å². The number of carbonyl (C=O) groups excluding carboxylic acids is 2. The molecule has 2 aliphatic rings. The third kappa shape index (κ3) is 4.01. The number of carbonyl (C=O) groups is 2. The van der Waals surface area contributed by atoms with Crippen molar-refractivity contribution in [1.29, 1.82) is 0 Å². The summed E-state index contributed by atoms with van der Waals surface area (Å²) in [7, 11) is 0. The number of piperidine rings is 1. The van der Waals surface area contributed by atoms with E-state index in [1.807, 2.05) is 48.2 Å². The zero-order valence-corrected chi connectivity index (χ0v) is 16.1. The van der Waals surface area contributed by atoms with Crippen molar-refractivity contribution in [1.82, 2.24) is 9.88 Å². The van der Waals surface area contributed by atoms with E-state index in [0.29, 0.717) is 26.1 Å². The van der Waals surface area contributed by atoms with Crippen LogP contribution < -0.4 is 9.64 Å². The Kier molecular flexibility index (Phi) is 5.28. The number of likely N-dealkylation sites (tertiary alicyclic amines) is 1. The van der Waals surface area contributed by atoms with Crippen LogP contribution in [-0.2, 0) is 9.59 Å². The van der Waals surface area contributed by atoms with Gasteiger partial charge in [0, 0.05) is 57.0 Å². The molecule has 0 aliphatic carbocycles. The van der Waals surface area contributed by atoms with Crippen LogP contribution in [0.3, 0.4) is 0 Å². The zero-order chi connectivity index (χ0) is 19.5. The second kappa shape index (κ2) is 8.00. The van der Waals surface area contributed by atoms with E-state index in [1.54, 1.807) is 17.3 Å². The average Bonchev–Trinajstić information content (AvgIpc) is 3.11. The number of anilines is 1. The van der Waals surface area contributed by atoms with E-state index in [-0.39, 0.29) is 23.8 Å². The number of hydrogen-bond donors (Lipinski definition) is 0. The van der Waals surface area contributed by atoms with Gasteiger partial charge in [0.25, 0.3) is 0 Å². The lowest BCUT2D eigenvalue weighted by atomic mass is 10.0. The number of pyridine rings is 1. The summed E-state index contributed by atoms with van der Waals surface area (Å²) >= 11 is 0. The van der Waals surface area contributed by atoms with E-state index in [9.17, 15) is 9.59 Å². The van der Waals surface area contributed by atoms with Gasteiger partial charge in [-0.25, -0.2) is 0 Å². The molecule has 4 rings (SSSR count). The van der Waals surface area contributed by atoms with Crippen LogP contribution in [0.5, 0.6) is 5.75 Å². The standard InChI is InChI=1S/C22H25N3O3/c1-16-2-4-18(5-3-16)25-15-17(14-21(25)26)22(27)24-12-8-20(9-13-24)28-19-6-10-23-11-7-19/h2-7,10-11,17,20H,8-9,12-15H2,1H3/t17-/m1/s1. The molecule has 0 spiro atoms. The van der Waals surface area contributed by atoms with Crippen LogP contribution in [0.25, 0.3) is 0 Å². The maximum absolute atomic E-state index is 12.9. The molecule has 2 saturated heterocycles. The summed E-state index contributed by atoms with van der Waals surface area (Å²) in [5, 5.41) is 0. The Hall–Kier alpha value is -2.89. The Balaban J connectivity index is 1.32. The van der Waals surface area contributed by atoms with Gasteiger partial charge < -0.3 is 14.5 Å². The van der Waals surface area contributed by atoms with E-state index < -0.39 is 0 Å². The second-order valence-corrected chi connectivity index (χ2v) is 7.57. The largest absolute Gasteiger partial charge is 0.490 e. The van der Waals surface area contributed by atoms with Crippen molar-refractivity contribution in [2.45, 2.75) is 32.3 Å². The normalized spacial score (nSPS) is 20.5. The highest BCUT2D eigenvalue weighted by molar-refractivity contribution is 6.00. The average molecular weight is 379 g/mol. The molecule has 0 radical (unpaired) electrons. The molecule has 0 unspecified atom stereocenters. The molecule has 0 saturated carbocycles. The van der Waals surface area contributed by atoms with Crippen LogP contribution in [0, 0.1) is 12.8 Å². The third-order valence-electron chi connectivity index (χ3n) is 5.53. The Bertz CT molecular complexity index is 830. The van der Waals surface area contributed by atoms with Gasteiger partial charge in [-0.05, 0) is 31.2 Å². The number of hydrogen-bond acceptors (Lipinski definition) is 4. The van der Waals surface area contributed by atoms with Crippen molar-refractivity contribution in [3.63, 3.8) is 0 Å². The molecule has 2 aromatic rings. The van der Waals surface area contributed by atoms with Gasteiger partial charge in [-0.15, -0.1) is 0 Å². The van der Waals surface area contributed by atoms with Crippen molar-refractivity contribution in [3.8, 4) is 5.75 Å². The number of rotatable bonds is 4. The highest BCUT2D eigenvalue weighted by Gasteiger charge is 2.38. The number of ether oxygens (including phenoxy) is 1. The van der Waals surface area contributed by atoms with Gasteiger partial charge in [0.05, 0.1) is 5.92 Å². The van der Waals surface area contributed by atoms with Crippen LogP contribution in [0.1, 0.15) is 24.8 Å². The summed E-state index contributed by atoms with van der Waals surface area (Å²) in [4.78, 5) is 33.0. The molecule has 6 heteroatoms. The maximum atomic E-state index is 12.9. The van der Waals surface area contributed by atoms with Crippen LogP contribution in [0.4, 0.5) is 5.69 Å². The molecule has 2 amide bonds. The summed E-state index contributed by atoms with van der Waals surface area (Å²) in [6, 6.07) is 11.6. The zero-order valence-electron chi connectivity index (χ0n) is 16.1. The number of aromatic nitrogens is 1. The Morgan fingerprint density at radius 1 is 1.07 bits per heavy atom. The minimum atomic E-state index is -0.258. The summed E-state index contributed by atoms with van der Waals surface area (Å²) < 4.78 is 5.97. The van der Waals surface area contributed by atoms with Gasteiger partial charge in [0.15, 0.2) is 0 Å². The number of amides is 2. The van der Waals surface area contributed by atoms with Crippen molar-refractivity contribution < 1.29 is 14.3 Å². The van der Waals surface area contributed by atoms with Gasteiger partial charge in [0.1, 0.15) is 11.9 Å². The van der Waals surface area contributed by atoms with Crippen molar-refractivity contribution in [2.75, 3.05) is 24.5 Å². The molecule has 0 bridgehead atoms. The number of nitrogens with zero attached hydrogens (tertiary/aromatic N) is 3. The fourth-order valence-electron chi connectivity index (χ4n) is 3.91. The van der Waals surface area contributed by atoms with Gasteiger partial charge in [-0.1, -0.05) is 17.7 Å². The van der Waals surface area contributed by atoms with Crippen LogP contribution >= 0.6 is 0 Å². The molecule has 1 atom stereocenters. The summed E-state index contributed by atoms with van der Waals surface area (Å²) in [6.07, 6.45) is 5.43. The Labute approximate surface area is 165 Å². The van der Waals surface area contributed by atoms with E-state index in [0.717, 1.165) is 29.8 Å². The Morgan fingerprint density at radius 3 is 2.43 bits per heavy atom. The lowest BCUT2D eigenvalue weighted by Gasteiger charge is -2.33. The summed E-state index contributed by atoms with van der Waals surface area (Å²) in [5.41, 5.74) is 2.02. The molecule has 1 aromatic heterocycles. The predicted octanol–water partition coefficient (Wildman–Crippen LogP) is 2.81. The lowest BCUT2D eigenvalue weighted by Crippen LogP contribution is -2.44. The quantitative estimate of drug-likeness (QED) is 0.820. The van der Waals surface area contributed by atoms with Crippen molar-refractivity contribution >= 4 is 17.5 Å². The molecule has 1 aromatic carbocycles. The SMILES string of the molecule is Cc1ccc(N2C[C@H](C(=O)N3CCC(Oc4ccncc4)CC3)CC2=O)cc1. The van der Waals surface area contributed by atoms with Crippen molar-refractivity contribution in [2.24, 2.45) is 5.92 Å². The van der Waals surface area contributed by atoms with Gasteiger partial charge in [0.2, 0.25) is 11.8 Å². The first-order chi connectivity index (χ1) is 13.6. The Morgan fingerprint density at radius 2 is 1.75 bits per heavy atom. The fraction of sp³-hybridized carbons (Fsp3) is 0.409. The van der Waals surface area contributed by atoms with Crippen molar-refractivity contribution in [3.05, 3.63) is 54.4 Å². The second-order valence-electron chi connectivity index (χ2n) is 7.57. The predicted molar refractivity (Wildman–Crippen MR) is 106 cm³/mol. The monoisotopic (exact) mass is 379 g/mol. The molecular weight excluding hydrogens is 354 g/mol. The molecule has 0 N–H and O–H groups in total. The summed E-state index contributed by atoms with van der Waals surface area (Å²) in [5.74, 6) is 0.671. The first-order valence-electron chi connectivity index (χ1n) is 9.82. The van der Waals surface area contributed by atoms with Gasteiger partial charge >= 0.3 is 0 Å². The lowest BCUT2D eigenvalue weighted by molar-refractivity contribution is -0.137. The van der Waals surface area contributed by atoms with E-state index in [1.165, 1.54) is 0 Å². The highest BCUT2D eigenvalue weighted by Crippen LogP contribution is 2.28. The molecule has 2 aliphatic heterocycles. The minimum Gasteiger partial charge on any atom is -0.490 e. The number of aryl methyl sites for hydroxylation is 1. The van der Waals surface area contributed by atoms with E-state index >= 15 is 0 Å². The third-order valence-corrected chi connectivity index (χ3v) is 5.53. The molecule has 3 heterocycles. The van der Waals surface area contributed by atoms with Gasteiger partial charge in [-0.3, -0.25) is 14.6 Å². The minimum absolute atomic E-state index is 0.0260. The van der Waals surface area contributed by atoms with Crippen LogP contribution in [0.15, 0.2) is 48.8 Å². The fourth-order valence-corrected chi connectivity index (χ4v) is 3.91. The molecule has 2 fully saturated rings.